The molecule has 0 bridgehead atoms. The predicted octanol–water partition coefficient (Wildman–Crippen LogP) is 5.96. The molecule has 0 aromatic heterocycles. The summed E-state index contributed by atoms with van der Waals surface area (Å²) in [6, 6.07) is 10.2. The van der Waals surface area contributed by atoms with E-state index in [4.69, 9.17) is 28.1 Å². The molecule has 15 heteroatoms. The Bertz CT molecular complexity index is 1630. The molecule has 3 aliphatic rings. The van der Waals surface area contributed by atoms with Crippen LogP contribution >= 0.6 is 0 Å². The van der Waals surface area contributed by atoms with E-state index in [-0.39, 0.29) is 54.7 Å². The SMILES string of the molecule is CC(C)CN(C[C@@H](O)[C@H](Cc1ccc(OCCCCO[Si](C)(C)C(C)(C)C)cc1)N(C(=O)O)[C@H]1CO[C@H]2OCC[C@H]21)S(=O)(=O)c1ccc2c(c1)OCO2. The van der Waals surface area contributed by atoms with E-state index >= 15 is 0 Å². The van der Waals surface area contributed by atoms with Gasteiger partial charge in [-0.15, -0.1) is 0 Å². The van der Waals surface area contributed by atoms with Crippen LogP contribution in [0.1, 0.15) is 59.4 Å². The minimum Gasteiger partial charge on any atom is -0.494 e. The lowest BCUT2D eigenvalue weighted by Crippen LogP contribution is -2.57. The van der Waals surface area contributed by atoms with Gasteiger partial charge in [0.1, 0.15) is 5.75 Å². The molecule has 5 atom stereocenters. The molecule has 2 aromatic carbocycles. The van der Waals surface area contributed by atoms with E-state index in [2.05, 4.69) is 33.9 Å². The molecule has 0 saturated carbocycles. The maximum atomic E-state index is 14.1. The Morgan fingerprint density at radius 1 is 1.00 bits per heavy atom. The Morgan fingerprint density at radius 2 is 1.70 bits per heavy atom. The molecule has 2 N–H and O–H groups in total. The zero-order valence-electron chi connectivity index (χ0n) is 32.2. The van der Waals surface area contributed by atoms with Gasteiger partial charge in [0.2, 0.25) is 16.8 Å². The van der Waals surface area contributed by atoms with Crippen molar-refractivity contribution in [3.8, 4) is 17.2 Å². The first-order valence-corrected chi connectivity index (χ1v) is 23.0. The van der Waals surface area contributed by atoms with Gasteiger partial charge in [-0.25, -0.2) is 13.2 Å². The van der Waals surface area contributed by atoms with Crippen molar-refractivity contribution in [2.24, 2.45) is 11.8 Å². The van der Waals surface area contributed by atoms with Crippen LogP contribution in [0.3, 0.4) is 0 Å². The molecule has 0 unspecified atom stereocenters. The number of aliphatic hydroxyl groups is 1. The molecule has 296 valence electrons. The molecule has 53 heavy (non-hydrogen) atoms. The molecule has 13 nitrogen and oxygen atoms in total. The summed E-state index contributed by atoms with van der Waals surface area (Å²) in [5, 5.41) is 22.9. The minimum absolute atomic E-state index is 0.00209. The maximum absolute atomic E-state index is 14.1. The fourth-order valence-electron chi connectivity index (χ4n) is 6.77. The van der Waals surface area contributed by atoms with Crippen molar-refractivity contribution in [1.82, 2.24) is 9.21 Å². The minimum atomic E-state index is -4.13. The third-order valence-corrected chi connectivity index (χ3v) is 17.1. The molecule has 3 aliphatic heterocycles. The molecule has 0 spiro atoms. The number of carboxylic acid groups (broad SMARTS) is 1. The number of hydrogen-bond donors (Lipinski definition) is 2. The molecule has 0 aliphatic carbocycles. The Morgan fingerprint density at radius 3 is 2.38 bits per heavy atom. The summed E-state index contributed by atoms with van der Waals surface area (Å²) in [4.78, 5) is 14.3. The van der Waals surface area contributed by atoms with Gasteiger partial charge in [0, 0.05) is 31.7 Å². The fourth-order valence-corrected chi connectivity index (χ4v) is 9.50. The quantitative estimate of drug-likeness (QED) is 0.136. The second kappa shape index (κ2) is 17.3. The number of unbranched alkanes of at least 4 members (excludes halogenated alkanes) is 1. The van der Waals surface area contributed by atoms with Gasteiger partial charge in [0.25, 0.3) is 0 Å². The summed E-state index contributed by atoms with van der Waals surface area (Å²) in [6.07, 6.45) is -0.637. The number of carbonyl (C=O) groups is 1. The Balaban J connectivity index is 1.32. The number of hydrogen-bond acceptors (Lipinski definition) is 10. The molecule has 3 heterocycles. The first-order chi connectivity index (χ1) is 25.0. The van der Waals surface area contributed by atoms with Crippen molar-refractivity contribution < 1.29 is 51.5 Å². The van der Waals surface area contributed by atoms with Gasteiger partial charge in [-0.1, -0.05) is 46.8 Å². The summed E-state index contributed by atoms with van der Waals surface area (Å²) < 4.78 is 64.0. The van der Waals surface area contributed by atoms with Crippen molar-refractivity contribution >= 4 is 24.4 Å². The first kappa shape index (κ1) is 41.2. The number of rotatable bonds is 18. The molecular weight excluding hydrogens is 721 g/mol. The summed E-state index contributed by atoms with van der Waals surface area (Å²) in [6.45, 7) is 16.5. The number of nitrogens with zero attached hydrogens (tertiary/aromatic N) is 2. The highest BCUT2D eigenvalue weighted by Gasteiger charge is 2.49. The third-order valence-electron chi connectivity index (χ3n) is 10.8. The van der Waals surface area contributed by atoms with Crippen LogP contribution < -0.4 is 14.2 Å². The van der Waals surface area contributed by atoms with E-state index in [1.54, 1.807) is 6.07 Å². The average molecular weight is 779 g/mol. The number of sulfonamides is 1. The molecule has 1 amide bonds. The van der Waals surface area contributed by atoms with E-state index in [1.807, 2.05) is 38.1 Å². The Kier molecular flexibility index (Phi) is 13.4. The highest BCUT2D eigenvalue weighted by molar-refractivity contribution is 7.89. The van der Waals surface area contributed by atoms with Crippen LogP contribution in [0.2, 0.25) is 18.1 Å². The first-order valence-electron chi connectivity index (χ1n) is 18.7. The lowest BCUT2D eigenvalue weighted by molar-refractivity contribution is -0.0906. The second-order valence-corrected chi connectivity index (χ2v) is 22.9. The largest absolute Gasteiger partial charge is 0.494 e. The average Bonchev–Trinajstić information content (AvgIpc) is 3.84. The van der Waals surface area contributed by atoms with Crippen molar-refractivity contribution in [3.05, 3.63) is 48.0 Å². The van der Waals surface area contributed by atoms with E-state index in [0.29, 0.717) is 43.5 Å². The van der Waals surface area contributed by atoms with Crippen molar-refractivity contribution in [2.75, 3.05) is 46.3 Å². The Hall–Kier alpha value is -2.92. The number of fused-ring (bicyclic) bond motifs is 2. The molecule has 0 radical (unpaired) electrons. The second-order valence-electron chi connectivity index (χ2n) is 16.2. The van der Waals surface area contributed by atoms with E-state index in [9.17, 15) is 23.4 Å². The summed E-state index contributed by atoms with van der Waals surface area (Å²) >= 11 is 0. The van der Waals surface area contributed by atoms with Crippen LogP contribution in [-0.2, 0) is 30.3 Å². The number of benzene rings is 2. The number of aliphatic hydroxyl groups excluding tert-OH is 1. The van der Waals surface area contributed by atoms with Crippen LogP contribution in [0.25, 0.3) is 0 Å². The fraction of sp³-hybridized carbons (Fsp3) is 0.658. The van der Waals surface area contributed by atoms with Crippen molar-refractivity contribution in [2.45, 2.75) is 108 Å². The van der Waals surface area contributed by atoms with Crippen LogP contribution in [0, 0.1) is 11.8 Å². The van der Waals surface area contributed by atoms with Gasteiger partial charge >= 0.3 is 6.09 Å². The van der Waals surface area contributed by atoms with Crippen molar-refractivity contribution in [3.63, 3.8) is 0 Å². The standard InChI is InChI=1S/C38H58N2O11SSi/c1-26(2)22-39(52(44,45)29-14-15-34-35(21-29)50-25-49-34)23-33(41)31(40(37(42)43)32-24-48-36-30(32)16-19-47-36)20-27-10-12-28(13-11-27)46-17-8-9-18-51-53(6,7)38(3,4)5/h10-15,21,26,30-33,36,41H,8-9,16-20,22-25H2,1-7H3,(H,42,43)/t30-,31-,32-,33+,36+/m0/s1. The van der Waals surface area contributed by atoms with Gasteiger partial charge in [0.15, 0.2) is 26.1 Å². The van der Waals surface area contributed by atoms with Gasteiger partial charge in [0.05, 0.1) is 42.9 Å². The van der Waals surface area contributed by atoms with E-state index < -0.39 is 48.9 Å². The van der Waals surface area contributed by atoms with Crippen LogP contribution in [-0.4, -0.2) is 113 Å². The smallest absolute Gasteiger partial charge is 0.407 e. The third kappa shape index (κ3) is 10.0. The topological polar surface area (TPSA) is 154 Å². The zero-order valence-corrected chi connectivity index (χ0v) is 34.0. The van der Waals surface area contributed by atoms with E-state index in [1.165, 1.54) is 21.3 Å². The molecule has 5 rings (SSSR count). The Labute approximate surface area is 315 Å². The van der Waals surface area contributed by atoms with E-state index in [0.717, 1.165) is 18.4 Å². The lowest BCUT2D eigenvalue weighted by atomic mass is 9.93. The number of amides is 1. The molecule has 2 fully saturated rings. The van der Waals surface area contributed by atoms with Crippen LogP contribution in [0.15, 0.2) is 47.4 Å². The van der Waals surface area contributed by atoms with Gasteiger partial charge in [-0.3, -0.25) is 4.90 Å². The molecule has 2 aromatic rings. The van der Waals surface area contributed by atoms with Crippen LogP contribution in [0.5, 0.6) is 17.2 Å². The monoisotopic (exact) mass is 778 g/mol. The highest BCUT2D eigenvalue weighted by Crippen LogP contribution is 2.38. The normalized spacial score (nSPS) is 21.2. The summed E-state index contributed by atoms with van der Waals surface area (Å²) in [7, 11) is -5.91. The summed E-state index contributed by atoms with van der Waals surface area (Å²) in [5.41, 5.74) is 0.766. The molecular formula is C38H58N2O11SSi. The van der Waals surface area contributed by atoms with Crippen LogP contribution in [0.4, 0.5) is 4.79 Å². The maximum Gasteiger partial charge on any atom is 0.407 e. The van der Waals surface area contributed by atoms with Gasteiger partial charge in [-0.05, 0) is 79.6 Å². The molecule has 2 saturated heterocycles. The van der Waals surface area contributed by atoms with Gasteiger partial charge in [-0.2, -0.15) is 4.31 Å². The highest BCUT2D eigenvalue weighted by atomic mass is 32.2. The number of ether oxygens (including phenoxy) is 5. The lowest BCUT2D eigenvalue weighted by Gasteiger charge is -2.39. The van der Waals surface area contributed by atoms with Gasteiger partial charge < -0.3 is 38.3 Å². The zero-order chi connectivity index (χ0) is 38.6. The van der Waals surface area contributed by atoms with Crippen molar-refractivity contribution in [1.29, 1.82) is 0 Å². The summed E-state index contributed by atoms with van der Waals surface area (Å²) in [5.74, 6) is 1.17. The predicted molar refractivity (Wildman–Crippen MR) is 201 cm³/mol.